The minimum atomic E-state index is -4.68. The van der Waals surface area contributed by atoms with Crippen molar-refractivity contribution in [3.05, 3.63) is 86.5 Å². The maximum Gasteiger partial charge on any atom is 0.418 e. The van der Waals surface area contributed by atoms with Crippen molar-refractivity contribution < 1.29 is 22.4 Å². The number of hydrogen-bond acceptors (Lipinski definition) is 3. The minimum absolute atomic E-state index is 0.0807. The van der Waals surface area contributed by atoms with E-state index >= 15 is 0 Å². The minimum Gasteiger partial charge on any atom is -0.318 e. The fourth-order valence-electron chi connectivity index (χ4n) is 2.63. The SMILES string of the molecule is Cc1cc(=O)c(C(=O)Nc2cccc(Cl)c2F)nn1-c1ccccc1C(F)(F)F. The number of anilines is 1. The normalized spacial score (nSPS) is 11.4. The van der Waals surface area contributed by atoms with E-state index in [-0.39, 0.29) is 22.1 Å². The molecule has 0 bridgehead atoms. The van der Waals surface area contributed by atoms with Gasteiger partial charge in [-0.3, -0.25) is 9.59 Å². The average molecular weight is 426 g/mol. The number of aryl methyl sites for hydroxylation is 1. The van der Waals surface area contributed by atoms with E-state index in [1.54, 1.807) is 0 Å². The summed E-state index contributed by atoms with van der Waals surface area (Å²) in [6, 6.07) is 9.42. The second-order valence-corrected chi connectivity index (χ2v) is 6.39. The summed E-state index contributed by atoms with van der Waals surface area (Å²) >= 11 is 5.65. The first-order valence-electron chi connectivity index (χ1n) is 8.12. The fourth-order valence-corrected chi connectivity index (χ4v) is 2.80. The summed E-state index contributed by atoms with van der Waals surface area (Å²) in [6.07, 6.45) is -4.68. The van der Waals surface area contributed by atoms with Crippen LogP contribution >= 0.6 is 11.6 Å². The standard InChI is InChI=1S/C19H12ClF4N3O2/c1-10-9-15(28)17(18(29)25-13-7-4-6-12(20)16(13)21)26-27(10)14-8-3-2-5-11(14)19(22,23)24/h2-9H,1H3,(H,25,29). The van der Waals surface area contributed by atoms with E-state index in [4.69, 9.17) is 11.6 Å². The van der Waals surface area contributed by atoms with Crippen LogP contribution in [0.4, 0.5) is 23.2 Å². The number of nitrogens with zero attached hydrogens (tertiary/aromatic N) is 2. The molecule has 0 aliphatic carbocycles. The summed E-state index contributed by atoms with van der Waals surface area (Å²) in [5.41, 5.74) is -3.11. The van der Waals surface area contributed by atoms with Gasteiger partial charge in [0, 0.05) is 11.8 Å². The topological polar surface area (TPSA) is 64.0 Å². The van der Waals surface area contributed by atoms with Gasteiger partial charge in [0.15, 0.2) is 11.5 Å². The zero-order chi connectivity index (χ0) is 21.3. The number of rotatable bonds is 3. The molecule has 0 spiro atoms. The summed E-state index contributed by atoms with van der Waals surface area (Å²) in [6.45, 7) is 1.37. The number of benzene rings is 2. The molecule has 1 N–H and O–H groups in total. The molecule has 150 valence electrons. The highest BCUT2D eigenvalue weighted by molar-refractivity contribution is 6.31. The van der Waals surface area contributed by atoms with E-state index in [1.807, 2.05) is 0 Å². The van der Waals surface area contributed by atoms with Gasteiger partial charge in [-0.15, -0.1) is 0 Å². The molecule has 0 saturated heterocycles. The van der Waals surface area contributed by atoms with Crippen molar-refractivity contribution in [2.75, 3.05) is 5.32 Å². The Morgan fingerprint density at radius 1 is 1.14 bits per heavy atom. The Labute approximate surface area is 166 Å². The van der Waals surface area contributed by atoms with E-state index in [1.165, 1.54) is 37.3 Å². The van der Waals surface area contributed by atoms with Crippen molar-refractivity contribution in [2.24, 2.45) is 0 Å². The molecule has 0 unspecified atom stereocenters. The molecule has 2 aromatic carbocycles. The molecule has 0 aliphatic heterocycles. The third kappa shape index (κ3) is 4.14. The first kappa shape index (κ1) is 20.5. The smallest absolute Gasteiger partial charge is 0.318 e. The molecular formula is C19H12ClF4N3O2. The van der Waals surface area contributed by atoms with Gasteiger partial charge < -0.3 is 5.32 Å². The Bertz CT molecular complexity index is 1160. The Hall–Kier alpha value is -3.20. The van der Waals surface area contributed by atoms with Crippen LogP contribution in [0.3, 0.4) is 0 Å². The lowest BCUT2D eigenvalue weighted by Crippen LogP contribution is -2.28. The molecular weight excluding hydrogens is 414 g/mol. The predicted molar refractivity (Wildman–Crippen MR) is 98.9 cm³/mol. The van der Waals surface area contributed by atoms with Gasteiger partial charge >= 0.3 is 6.18 Å². The molecule has 1 amide bonds. The maximum absolute atomic E-state index is 14.0. The second-order valence-electron chi connectivity index (χ2n) is 5.98. The van der Waals surface area contributed by atoms with Gasteiger partial charge in [0.05, 0.1) is 22.0 Å². The van der Waals surface area contributed by atoms with E-state index < -0.39 is 34.6 Å². The number of hydrogen-bond donors (Lipinski definition) is 1. The van der Waals surface area contributed by atoms with Crippen LogP contribution in [0.25, 0.3) is 5.69 Å². The zero-order valence-corrected chi connectivity index (χ0v) is 15.5. The molecule has 0 radical (unpaired) electrons. The van der Waals surface area contributed by atoms with E-state index in [9.17, 15) is 27.2 Å². The van der Waals surface area contributed by atoms with E-state index in [2.05, 4.69) is 10.4 Å². The summed E-state index contributed by atoms with van der Waals surface area (Å²) in [7, 11) is 0. The van der Waals surface area contributed by atoms with E-state index in [0.717, 1.165) is 22.9 Å². The van der Waals surface area contributed by atoms with Crippen LogP contribution in [0.5, 0.6) is 0 Å². The molecule has 0 atom stereocenters. The number of nitrogens with one attached hydrogen (secondary N) is 1. The van der Waals surface area contributed by atoms with Crippen LogP contribution < -0.4 is 10.7 Å². The Morgan fingerprint density at radius 3 is 2.52 bits per heavy atom. The maximum atomic E-state index is 14.0. The van der Waals surface area contributed by atoms with Crippen LogP contribution in [0.2, 0.25) is 5.02 Å². The number of halogens is 5. The van der Waals surface area contributed by atoms with Gasteiger partial charge in [-0.25, -0.2) is 9.07 Å². The predicted octanol–water partition coefficient (Wildman–Crippen LogP) is 4.60. The highest BCUT2D eigenvalue weighted by Crippen LogP contribution is 2.33. The summed E-state index contributed by atoms with van der Waals surface area (Å²) < 4.78 is 54.8. The zero-order valence-electron chi connectivity index (χ0n) is 14.7. The monoisotopic (exact) mass is 425 g/mol. The summed E-state index contributed by atoms with van der Waals surface area (Å²) in [5.74, 6) is -2.01. The lowest BCUT2D eigenvalue weighted by molar-refractivity contribution is -0.137. The van der Waals surface area contributed by atoms with Crippen LogP contribution in [0, 0.1) is 12.7 Å². The number of aromatic nitrogens is 2. The quantitative estimate of drug-likeness (QED) is 0.623. The molecule has 0 saturated carbocycles. The largest absolute Gasteiger partial charge is 0.418 e. The summed E-state index contributed by atoms with van der Waals surface area (Å²) in [4.78, 5) is 24.7. The Kier molecular flexibility index (Phi) is 5.43. The Balaban J connectivity index is 2.09. The summed E-state index contributed by atoms with van der Waals surface area (Å²) in [5, 5.41) is 5.70. The lowest BCUT2D eigenvalue weighted by Gasteiger charge is -2.16. The van der Waals surface area contributed by atoms with Gasteiger partial charge in [0.2, 0.25) is 5.43 Å². The number of carbonyl (C=O) groups is 1. The first-order chi connectivity index (χ1) is 13.6. The van der Waals surface area contributed by atoms with Gasteiger partial charge in [-0.2, -0.15) is 18.3 Å². The van der Waals surface area contributed by atoms with Crippen LogP contribution in [0.15, 0.2) is 53.3 Å². The van der Waals surface area contributed by atoms with Crippen molar-refractivity contribution in [3.63, 3.8) is 0 Å². The second kappa shape index (κ2) is 7.67. The number of carbonyl (C=O) groups excluding carboxylic acids is 1. The van der Waals surface area contributed by atoms with Crippen molar-refractivity contribution in [3.8, 4) is 5.69 Å². The molecule has 1 aromatic heterocycles. The van der Waals surface area contributed by atoms with Crippen LogP contribution in [-0.2, 0) is 6.18 Å². The van der Waals surface area contributed by atoms with Gasteiger partial charge in [0.25, 0.3) is 5.91 Å². The highest BCUT2D eigenvalue weighted by atomic mass is 35.5. The number of amides is 1. The fraction of sp³-hybridized carbons (Fsp3) is 0.105. The van der Waals surface area contributed by atoms with Crippen molar-refractivity contribution in [1.29, 1.82) is 0 Å². The van der Waals surface area contributed by atoms with Crippen molar-refractivity contribution >= 4 is 23.2 Å². The molecule has 5 nitrogen and oxygen atoms in total. The molecule has 10 heteroatoms. The van der Waals surface area contributed by atoms with Crippen LogP contribution in [-0.4, -0.2) is 15.7 Å². The molecule has 0 fully saturated rings. The lowest BCUT2D eigenvalue weighted by atomic mass is 10.1. The molecule has 3 aromatic rings. The van der Waals surface area contributed by atoms with Crippen LogP contribution in [0.1, 0.15) is 21.7 Å². The van der Waals surface area contributed by atoms with Gasteiger partial charge in [-0.1, -0.05) is 29.8 Å². The molecule has 3 rings (SSSR count). The molecule has 0 aliphatic rings. The van der Waals surface area contributed by atoms with E-state index in [0.29, 0.717) is 0 Å². The first-order valence-corrected chi connectivity index (χ1v) is 8.50. The Morgan fingerprint density at radius 2 is 1.83 bits per heavy atom. The highest BCUT2D eigenvalue weighted by Gasteiger charge is 2.34. The number of para-hydroxylation sites is 1. The van der Waals surface area contributed by atoms with Gasteiger partial charge in [0.1, 0.15) is 0 Å². The third-order valence-corrected chi connectivity index (χ3v) is 4.25. The van der Waals surface area contributed by atoms with Crippen molar-refractivity contribution in [2.45, 2.75) is 13.1 Å². The van der Waals surface area contributed by atoms with Gasteiger partial charge in [-0.05, 0) is 31.2 Å². The third-order valence-electron chi connectivity index (χ3n) is 3.96. The molecule has 1 heterocycles. The van der Waals surface area contributed by atoms with Crippen molar-refractivity contribution in [1.82, 2.24) is 9.78 Å². The molecule has 29 heavy (non-hydrogen) atoms. The average Bonchev–Trinajstić information content (AvgIpc) is 2.65. The number of alkyl halides is 3.